The molecule has 0 spiro atoms. The summed E-state index contributed by atoms with van der Waals surface area (Å²) < 4.78 is 0. The van der Waals surface area contributed by atoms with E-state index in [0.29, 0.717) is 0 Å². The van der Waals surface area contributed by atoms with Crippen molar-refractivity contribution in [3.63, 3.8) is 0 Å². The molecular formula is C16H23N3O. The van der Waals surface area contributed by atoms with Gasteiger partial charge in [-0.05, 0) is 37.9 Å². The highest BCUT2D eigenvalue weighted by molar-refractivity contribution is 5.96. The Morgan fingerprint density at radius 3 is 2.80 bits per heavy atom. The quantitative estimate of drug-likeness (QED) is 0.845. The van der Waals surface area contributed by atoms with Crippen LogP contribution in [0, 0.1) is 5.92 Å². The van der Waals surface area contributed by atoms with Gasteiger partial charge in [0, 0.05) is 37.3 Å². The van der Waals surface area contributed by atoms with Gasteiger partial charge in [-0.1, -0.05) is 18.2 Å². The number of likely N-dealkylation sites (N-methyl/N-ethyl adjacent to an activating group) is 1. The summed E-state index contributed by atoms with van der Waals surface area (Å²) in [7, 11) is 2.11. The molecule has 0 aromatic heterocycles. The Bertz CT molecular complexity index is 502. The lowest BCUT2D eigenvalue weighted by Crippen LogP contribution is -2.39. The number of rotatable bonds is 1. The minimum Gasteiger partial charge on any atom is -0.328 e. The van der Waals surface area contributed by atoms with Crippen molar-refractivity contribution in [1.29, 1.82) is 0 Å². The number of amides is 1. The molecule has 1 fully saturated rings. The monoisotopic (exact) mass is 273 g/mol. The fourth-order valence-corrected chi connectivity index (χ4v) is 3.36. The first-order valence-electron chi connectivity index (χ1n) is 7.48. The number of fused-ring (bicyclic) bond motifs is 1. The van der Waals surface area contributed by atoms with E-state index in [-0.39, 0.29) is 17.9 Å². The third-order valence-electron chi connectivity index (χ3n) is 4.52. The molecule has 4 heteroatoms. The minimum atomic E-state index is 0.112. The average Bonchev–Trinajstić information content (AvgIpc) is 2.79. The van der Waals surface area contributed by atoms with Crippen molar-refractivity contribution in [2.45, 2.75) is 31.8 Å². The number of nitrogens with zero attached hydrogens (tertiary/aromatic N) is 2. The van der Waals surface area contributed by atoms with E-state index < -0.39 is 0 Å². The third kappa shape index (κ3) is 2.58. The molecule has 2 N–H and O–H groups in total. The van der Waals surface area contributed by atoms with Crippen molar-refractivity contribution in [2.24, 2.45) is 11.7 Å². The summed E-state index contributed by atoms with van der Waals surface area (Å²) in [5.74, 6) is 0.377. The summed E-state index contributed by atoms with van der Waals surface area (Å²) in [6, 6.07) is 8.46. The van der Waals surface area contributed by atoms with Gasteiger partial charge in [-0.2, -0.15) is 0 Å². The summed E-state index contributed by atoms with van der Waals surface area (Å²) >= 11 is 0. The lowest BCUT2D eigenvalue weighted by Gasteiger charge is -2.25. The predicted octanol–water partition coefficient (Wildman–Crippen LogP) is 1.59. The summed E-state index contributed by atoms with van der Waals surface area (Å²) in [5.41, 5.74) is 8.29. The second kappa shape index (κ2) is 5.54. The molecule has 1 aromatic carbocycles. The first kappa shape index (κ1) is 13.6. The van der Waals surface area contributed by atoms with Crippen molar-refractivity contribution in [3.8, 4) is 0 Å². The molecule has 2 unspecified atom stereocenters. The van der Waals surface area contributed by atoms with E-state index in [4.69, 9.17) is 5.73 Å². The fraction of sp³-hybridized carbons (Fsp3) is 0.562. The van der Waals surface area contributed by atoms with Gasteiger partial charge in [0.2, 0.25) is 5.91 Å². The molecule has 0 bridgehead atoms. The maximum Gasteiger partial charge on any atom is 0.230 e. The van der Waals surface area contributed by atoms with Gasteiger partial charge in [0.15, 0.2) is 0 Å². The van der Waals surface area contributed by atoms with Crippen LogP contribution in [0.15, 0.2) is 24.3 Å². The van der Waals surface area contributed by atoms with Crippen LogP contribution in [0.2, 0.25) is 0 Å². The Hall–Kier alpha value is -1.39. The van der Waals surface area contributed by atoms with E-state index in [1.54, 1.807) is 0 Å². The summed E-state index contributed by atoms with van der Waals surface area (Å²) in [6.45, 7) is 2.60. The van der Waals surface area contributed by atoms with Crippen LogP contribution in [-0.2, 0) is 11.3 Å². The molecule has 2 atom stereocenters. The highest BCUT2D eigenvalue weighted by Gasteiger charge is 2.33. The number of nitrogens with two attached hydrogens (primary N) is 1. The number of carbonyl (C=O) groups is 1. The van der Waals surface area contributed by atoms with Gasteiger partial charge in [-0.15, -0.1) is 0 Å². The minimum absolute atomic E-state index is 0.112. The molecule has 3 rings (SSSR count). The highest BCUT2D eigenvalue weighted by atomic mass is 16.2. The standard InChI is InChI=1S/C16H23N3O/c1-18-8-9-19(15-5-3-2-4-13(15)11-18)16(20)12-6-7-14(17)10-12/h2-5,12,14H,6-11,17H2,1H3. The van der Waals surface area contributed by atoms with Crippen LogP contribution in [0.5, 0.6) is 0 Å². The highest BCUT2D eigenvalue weighted by Crippen LogP contribution is 2.31. The molecule has 1 saturated carbocycles. The fourth-order valence-electron chi connectivity index (χ4n) is 3.36. The predicted molar refractivity (Wildman–Crippen MR) is 80.4 cm³/mol. The molecule has 0 radical (unpaired) electrons. The van der Waals surface area contributed by atoms with Gasteiger partial charge in [-0.25, -0.2) is 0 Å². The normalized spacial score (nSPS) is 27.2. The Kier molecular flexibility index (Phi) is 3.76. The van der Waals surface area contributed by atoms with Crippen molar-refractivity contribution >= 4 is 11.6 Å². The van der Waals surface area contributed by atoms with Gasteiger partial charge in [0.05, 0.1) is 0 Å². The topological polar surface area (TPSA) is 49.6 Å². The lowest BCUT2D eigenvalue weighted by molar-refractivity contribution is -0.122. The van der Waals surface area contributed by atoms with Gasteiger partial charge in [0.1, 0.15) is 0 Å². The number of para-hydroxylation sites is 1. The number of benzene rings is 1. The Morgan fingerprint density at radius 2 is 2.05 bits per heavy atom. The number of anilines is 1. The van der Waals surface area contributed by atoms with Crippen LogP contribution >= 0.6 is 0 Å². The molecule has 108 valence electrons. The maximum absolute atomic E-state index is 12.8. The molecule has 0 saturated heterocycles. The van der Waals surface area contributed by atoms with Crippen LogP contribution < -0.4 is 10.6 Å². The molecule has 4 nitrogen and oxygen atoms in total. The Labute approximate surface area is 120 Å². The largest absolute Gasteiger partial charge is 0.328 e. The van der Waals surface area contributed by atoms with Gasteiger partial charge in [0.25, 0.3) is 0 Å². The van der Waals surface area contributed by atoms with Crippen molar-refractivity contribution < 1.29 is 4.79 Å². The van der Waals surface area contributed by atoms with Crippen molar-refractivity contribution in [1.82, 2.24) is 4.90 Å². The SMILES string of the molecule is CN1CCN(C(=O)C2CCC(N)C2)c2ccccc2C1. The van der Waals surface area contributed by atoms with Crippen molar-refractivity contribution in [3.05, 3.63) is 29.8 Å². The first-order valence-corrected chi connectivity index (χ1v) is 7.48. The molecule has 1 aliphatic heterocycles. The molecule has 1 aliphatic carbocycles. The average molecular weight is 273 g/mol. The molecule has 2 aliphatic rings. The zero-order valence-corrected chi connectivity index (χ0v) is 12.1. The van der Waals surface area contributed by atoms with E-state index in [1.807, 2.05) is 17.0 Å². The number of hydrogen-bond donors (Lipinski definition) is 1. The molecule has 1 heterocycles. The van der Waals surface area contributed by atoms with Gasteiger partial charge in [-0.3, -0.25) is 4.79 Å². The Morgan fingerprint density at radius 1 is 1.25 bits per heavy atom. The van der Waals surface area contributed by atoms with Gasteiger partial charge >= 0.3 is 0 Å². The van der Waals surface area contributed by atoms with E-state index in [1.165, 1.54) is 5.56 Å². The van der Waals surface area contributed by atoms with Crippen LogP contribution in [0.25, 0.3) is 0 Å². The zero-order chi connectivity index (χ0) is 14.1. The van der Waals surface area contributed by atoms with Crippen molar-refractivity contribution in [2.75, 3.05) is 25.0 Å². The van der Waals surface area contributed by atoms with E-state index in [0.717, 1.165) is 44.6 Å². The molecule has 20 heavy (non-hydrogen) atoms. The second-order valence-electron chi connectivity index (χ2n) is 6.13. The van der Waals surface area contributed by atoms with E-state index >= 15 is 0 Å². The van der Waals surface area contributed by atoms with Crippen LogP contribution in [0.1, 0.15) is 24.8 Å². The summed E-state index contributed by atoms with van der Waals surface area (Å²) in [4.78, 5) is 17.1. The smallest absolute Gasteiger partial charge is 0.230 e. The first-order chi connectivity index (χ1) is 9.65. The van der Waals surface area contributed by atoms with Crippen LogP contribution in [0.4, 0.5) is 5.69 Å². The molecule has 1 amide bonds. The Balaban J connectivity index is 1.87. The van der Waals surface area contributed by atoms with Crippen LogP contribution in [-0.4, -0.2) is 37.0 Å². The van der Waals surface area contributed by atoms with E-state index in [2.05, 4.69) is 24.1 Å². The van der Waals surface area contributed by atoms with Gasteiger partial charge < -0.3 is 15.5 Å². The maximum atomic E-state index is 12.8. The molecular weight excluding hydrogens is 250 g/mol. The van der Waals surface area contributed by atoms with Crippen LogP contribution in [0.3, 0.4) is 0 Å². The summed E-state index contributed by atoms with van der Waals surface area (Å²) in [6.07, 6.45) is 2.76. The zero-order valence-electron chi connectivity index (χ0n) is 12.1. The second-order valence-corrected chi connectivity index (χ2v) is 6.13. The molecule has 1 aromatic rings. The lowest BCUT2D eigenvalue weighted by atomic mass is 10.0. The summed E-state index contributed by atoms with van der Waals surface area (Å²) in [5, 5.41) is 0. The van der Waals surface area contributed by atoms with E-state index in [9.17, 15) is 4.79 Å². The third-order valence-corrected chi connectivity index (χ3v) is 4.52. The number of hydrogen-bond acceptors (Lipinski definition) is 3. The number of carbonyl (C=O) groups excluding carboxylic acids is 1.